The molecule has 1 unspecified atom stereocenters. The Morgan fingerprint density at radius 1 is 1.15 bits per heavy atom. The molecule has 2 aromatic carbocycles. The van der Waals surface area contributed by atoms with Gasteiger partial charge in [0.1, 0.15) is 18.1 Å². The molecule has 3 rings (SSSR count). The van der Waals surface area contributed by atoms with Crippen molar-refractivity contribution in [3.05, 3.63) is 54.5 Å². The van der Waals surface area contributed by atoms with E-state index >= 15 is 0 Å². The number of anilines is 1. The van der Waals surface area contributed by atoms with Crippen molar-refractivity contribution in [2.24, 2.45) is 0 Å². The first-order chi connectivity index (χ1) is 13.1. The zero-order chi connectivity index (χ0) is 19.3. The van der Waals surface area contributed by atoms with Gasteiger partial charge >= 0.3 is 0 Å². The van der Waals surface area contributed by atoms with Gasteiger partial charge in [-0.05, 0) is 49.4 Å². The Morgan fingerprint density at radius 2 is 1.93 bits per heavy atom. The molecule has 1 heterocycles. The lowest BCUT2D eigenvalue weighted by Crippen LogP contribution is -2.48. The van der Waals surface area contributed by atoms with Crippen molar-refractivity contribution in [3.63, 3.8) is 0 Å². The average Bonchev–Trinajstić information content (AvgIpc) is 3.12. The molecule has 27 heavy (non-hydrogen) atoms. The Hall–Kier alpha value is -2.51. The Labute approximate surface area is 157 Å². The minimum absolute atomic E-state index is 0.0705. The molecule has 0 fully saturated rings. The second-order valence-corrected chi connectivity index (χ2v) is 6.66. The van der Waals surface area contributed by atoms with Gasteiger partial charge in [-0.25, -0.2) is 13.5 Å². The summed E-state index contributed by atoms with van der Waals surface area (Å²) in [5.41, 5.74) is 0.847. The van der Waals surface area contributed by atoms with Crippen LogP contribution in [0.25, 0.3) is 16.6 Å². The Kier molecular flexibility index (Phi) is 6.03. The summed E-state index contributed by atoms with van der Waals surface area (Å²) in [5.74, 6) is -0.306. The van der Waals surface area contributed by atoms with Gasteiger partial charge in [0.2, 0.25) is 0 Å². The number of nitrogens with one attached hydrogen (secondary N) is 2. The first-order valence-electron chi connectivity index (χ1n) is 9.02. The lowest BCUT2D eigenvalue weighted by molar-refractivity contribution is 0.0284. The Balaban J connectivity index is 1.80. The van der Waals surface area contributed by atoms with Gasteiger partial charge in [-0.15, -0.1) is 0 Å². The molecule has 0 spiro atoms. The molecule has 0 saturated carbocycles. The molecule has 0 saturated heterocycles. The first kappa shape index (κ1) is 19.3. The molecule has 3 aromatic rings. The number of aromatic nitrogens is 2. The third-order valence-electron chi connectivity index (χ3n) is 4.42. The highest BCUT2D eigenvalue weighted by atomic mass is 19.1. The number of aliphatic hydroxyl groups is 1. The van der Waals surface area contributed by atoms with Crippen LogP contribution in [0.4, 0.5) is 14.5 Å². The van der Waals surface area contributed by atoms with Crippen LogP contribution in [0.1, 0.15) is 13.3 Å². The van der Waals surface area contributed by atoms with Gasteiger partial charge in [-0.2, -0.15) is 5.10 Å². The standard InChI is InChI=1S/C20H24F2N4O/c1-2-10-23-13-20(27,12-21)14-24-18-4-3-5-19-17(18)11-25-26(19)16-8-6-15(22)7-9-16/h3-9,11,23-24,27H,2,10,12-14H2,1H3. The molecule has 0 radical (unpaired) electrons. The summed E-state index contributed by atoms with van der Waals surface area (Å²) in [6.45, 7) is 2.14. The van der Waals surface area contributed by atoms with E-state index in [1.54, 1.807) is 23.0 Å². The molecule has 7 heteroatoms. The second kappa shape index (κ2) is 8.45. The van der Waals surface area contributed by atoms with E-state index in [0.29, 0.717) is 0 Å². The van der Waals surface area contributed by atoms with E-state index in [1.165, 1.54) is 12.1 Å². The fraction of sp³-hybridized carbons (Fsp3) is 0.350. The van der Waals surface area contributed by atoms with Crippen LogP contribution in [0.5, 0.6) is 0 Å². The van der Waals surface area contributed by atoms with Crippen molar-refractivity contribution < 1.29 is 13.9 Å². The van der Waals surface area contributed by atoms with Crippen LogP contribution in [-0.4, -0.2) is 46.8 Å². The van der Waals surface area contributed by atoms with Gasteiger partial charge in [-0.1, -0.05) is 13.0 Å². The number of alkyl halides is 1. The minimum Gasteiger partial charge on any atom is -0.384 e. The molecule has 5 nitrogen and oxygen atoms in total. The summed E-state index contributed by atoms with van der Waals surface area (Å²) in [7, 11) is 0. The normalized spacial score (nSPS) is 13.6. The van der Waals surface area contributed by atoms with Crippen molar-refractivity contribution in [1.82, 2.24) is 15.1 Å². The topological polar surface area (TPSA) is 62.1 Å². The number of nitrogens with zero attached hydrogens (tertiary/aromatic N) is 2. The number of hydrogen-bond acceptors (Lipinski definition) is 4. The summed E-state index contributed by atoms with van der Waals surface area (Å²) in [6, 6.07) is 11.7. The van der Waals surface area contributed by atoms with Crippen molar-refractivity contribution >= 4 is 16.6 Å². The molecule has 0 aliphatic heterocycles. The van der Waals surface area contributed by atoms with E-state index in [1.807, 2.05) is 25.1 Å². The maximum atomic E-state index is 13.4. The quantitative estimate of drug-likeness (QED) is 0.503. The smallest absolute Gasteiger partial charge is 0.123 e. The van der Waals surface area contributed by atoms with Crippen molar-refractivity contribution in [3.8, 4) is 5.69 Å². The summed E-state index contributed by atoms with van der Waals surface area (Å²) in [6.07, 6.45) is 2.61. The molecule has 3 N–H and O–H groups in total. The molecule has 144 valence electrons. The van der Waals surface area contributed by atoms with E-state index < -0.39 is 12.3 Å². The van der Waals surface area contributed by atoms with Crippen LogP contribution >= 0.6 is 0 Å². The van der Waals surface area contributed by atoms with E-state index in [2.05, 4.69) is 15.7 Å². The highest BCUT2D eigenvalue weighted by Crippen LogP contribution is 2.26. The van der Waals surface area contributed by atoms with Crippen molar-refractivity contribution in [1.29, 1.82) is 0 Å². The SMILES string of the molecule is CCCNCC(O)(CF)CNc1cccc2c1cnn2-c1ccc(F)cc1. The van der Waals surface area contributed by atoms with Crippen LogP contribution < -0.4 is 10.6 Å². The second-order valence-electron chi connectivity index (χ2n) is 6.66. The van der Waals surface area contributed by atoms with Gasteiger partial charge in [0, 0.05) is 24.2 Å². The maximum Gasteiger partial charge on any atom is 0.123 e. The number of benzene rings is 2. The lowest BCUT2D eigenvalue weighted by atomic mass is 10.1. The number of rotatable bonds is 9. The van der Waals surface area contributed by atoms with Crippen LogP contribution in [0.15, 0.2) is 48.7 Å². The zero-order valence-corrected chi connectivity index (χ0v) is 15.3. The van der Waals surface area contributed by atoms with Crippen molar-refractivity contribution in [2.75, 3.05) is 31.6 Å². The number of halogens is 2. The van der Waals surface area contributed by atoms with Gasteiger partial charge in [0.25, 0.3) is 0 Å². The number of fused-ring (bicyclic) bond motifs is 1. The largest absolute Gasteiger partial charge is 0.384 e. The summed E-state index contributed by atoms with van der Waals surface area (Å²) in [5, 5.41) is 21.8. The molecule has 1 aromatic heterocycles. The lowest BCUT2D eigenvalue weighted by Gasteiger charge is -2.26. The zero-order valence-electron chi connectivity index (χ0n) is 15.3. The fourth-order valence-electron chi connectivity index (χ4n) is 2.91. The van der Waals surface area contributed by atoms with Gasteiger partial charge in [0.15, 0.2) is 0 Å². The van der Waals surface area contributed by atoms with Crippen LogP contribution in [0.3, 0.4) is 0 Å². The van der Waals surface area contributed by atoms with Gasteiger partial charge < -0.3 is 15.7 Å². The Morgan fingerprint density at radius 3 is 2.63 bits per heavy atom. The Bertz CT molecular complexity index is 881. The van der Waals surface area contributed by atoms with Gasteiger partial charge in [0.05, 0.1) is 17.4 Å². The fourth-order valence-corrected chi connectivity index (χ4v) is 2.91. The number of hydrogen-bond donors (Lipinski definition) is 3. The molecule has 0 bridgehead atoms. The molecule has 0 aliphatic carbocycles. The predicted octanol–water partition coefficient (Wildman–Crippen LogP) is 3.28. The van der Waals surface area contributed by atoms with Crippen LogP contribution in [-0.2, 0) is 0 Å². The average molecular weight is 374 g/mol. The summed E-state index contributed by atoms with van der Waals surface area (Å²) >= 11 is 0. The van der Waals surface area contributed by atoms with Crippen LogP contribution in [0.2, 0.25) is 0 Å². The van der Waals surface area contributed by atoms with E-state index in [-0.39, 0.29) is 18.9 Å². The molecule has 0 aliphatic rings. The molecule has 1 atom stereocenters. The van der Waals surface area contributed by atoms with Crippen molar-refractivity contribution in [2.45, 2.75) is 18.9 Å². The van der Waals surface area contributed by atoms with Crippen LogP contribution in [0, 0.1) is 5.82 Å². The van der Waals surface area contributed by atoms with E-state index in [4.69, 9.17) is 0 Å². The molecular weight excluding hydrogens is 350 g/mol. The molecular formula is C20H24F2N4O. The summed E-state index contributed by atoms with van der Waals surface area (Å²) in [4.78, 5) is 0. The third-order valence-corrected chi connectivity index (χ3v) is 4.42. The first-order valence-corrected chi connectivity index (χ1v) is 9.02. The molecule has 0 amide bonds. The van der Waals surface area contributed by atoms with E-state index in [0.717, 1.165) is 35.2 Å². The monoisotopic (exact) mass is 374 g/mol. The third kappa shape index (κ3) is 4.43. The van der Waals surface area contributed by atoms with E-state index in [9.17, 15) is 13.9 Å². The predicted molar refractivity (Wildman–Crippen MR) is 104 cm³/mol. The minimum atomic E-state index is -1.48. The summed E-state index contributed by atoms with van der Waals surface area (Å²) < 4.78 is 28.2. The van der Waals surface area contributed by atoms with Gasteiger partial charge in [-0.3, -0.25) is 0 Å². The maximum absolute atomic E-state index is 13.4. The highest BCUT2D eigenvalue weighted by Gasteiger charge is 2.26. The highest BCUT2D eigenvalue weighted by molar-refractivity contribution is 5.92.